The van der Waals surface area contributed by atoms with Crippen molar-refractivity contribution in [1.82, 2.24) is 10.3 Å². The molecule has 0 amide bonds. The van der Waals surface area contributed by atoms with Crippen LogP contribution in [0.5, 0.6) is 0 Å². The second kappa shape index (κ2) is 4.82. The Hall–Kier alpha value is -1.19. The Morgan fingerprint density at radius 2 is 2.06 bits per heavy atom. The van der Waals surface area contributed by atoms with Crippen molar-refractivity contribution in [2.45, 2.75) is 32.2 Å². The zero-order valence-corrected chi connectivity index (χ0v) is 11.7. The van der Waals surface area contributed by atoms with Gasteiger partial charge >= 0.3 is 0 Å². The number of aryl methyl sites for hydroxylation is 2. The summed E-state index contributed by atoms with van der Waals surface area (Å²) in [7, 11) is 2.05. The standard InChI is InChI=1S/C15H18N2S/c1-10-3-5-11(6-4-10)15-17-13-8-7-12(16-2)9-14(13)18-15/h3-6,12,16H,7-9H2,1-2H3. The molecule has 0 fully saturated rings. The summed E-state index contributed by atoms with van der Waals surface area (Å²) in [4.78, 5) is 6.28. The van der Waals surface area contributed by atoms with E-state index in [2.05, 4.69) is 43.6 Å². The molecule has 2 nitrogen and oxygen atoms in total. The van der Waals surface area contributed by atoms with Crippen LogP contribution in [0.1, 0.15) is 22.6 Å². The van der Waals surface area contributed by atoms with Crippen molar-refractivity contribution in [3.63, 3.8) is 0 Å². The lowest BCUT2D eigenvalue weighted by molar-refractivity contribution is 0.497. The van der Waals surface area contributed by atoms with Gasteiger partial charge in [0.25, 0.3) is 0 Å². The molecule has 18 heavy (non-hydrogen) atoms. The van der Waals surface area contributed by atoms with Crippen LogP contribution >= 0.6 is 11.3 Å². The summed E-state index contributed by atoms with van der Waals surface area (Å²) < 4.78 is 0. The van der Waals surface area contributed by atoms with Crippen LogP contribution in [0.15, 0.2) is 24.3 Å². The molecular weight excluding hydrogens is 240 g/mol. The fourth-order valence-electron chi connectivity index (χ4n) is 2.44. The van der Waals surface area contributed by atoms with E-state index in [0.717, 1.165) is 12.8 Å². The van der Waals surface area contributed by atoms with Gasteiger partial charge in [-0.25, -0.2) is 4.98 Å². The van der Waals surface area contributed by atoms with Gasteiger partial charge in [-0.2, -0.15) is 0 Å². The second-order valence-electron chi connectivity index (χ2n) is 4.98. The van der Waals surface area contributed by atoms with Crippen molar-refractivity contribution in [1.29, 1.82) is 0 Å². The summed E-state index contributed by atoms with van der Waals surface area (Å²) in [6.45, 7) is 2.12. The van der Waals surface area contributed by atoms with Crippen LogP contribution in [-0.2, 0) is 12.8 Å². The van der Waals surface area contributed by atoms with E-state index >= 15 is 0 Å². The number of likely N-dealkylation sites (N-methyl/N-ethyl adjacent to an activating group) is 1. The number of hydrogen-bond donors (Lipinski definition) is 1. The van der Waals surface area contributed by atoms with E-state index in [4.69, 9.17) is 4.98 Å². The maximum Gasteiger partial charge on any atom is 0.123 e. The number of benzene rings is 1. The Bertz CT molecular complexity index is 542. The number of aromatic nitrogens is 1. The van der Waals surface area contributed by atoms with Gasteiger partial charge in [0.2, 0.25) is 0 Å². The van der Waals surface area contributed by atoms with Crippen LogP contribution < -0.4 is 5.32 Å². The minimum atomic E-state index is 0.629. The number of nitrogens with zero attached hydrogens (tertiary/aromatic N) is 1. The molecule has 2 aromatic rings. The molecule has 1 atom stereocenters. The number of nitrogens with one attached hydrogen (secondary N) is 1. The smallest absolute Gasteiger partial charge is 0.123 e. The highest BCUT2D eigenvalue weighted by atomic mass is 32.1. The highest BCUT2D eigenvalue weighted by Gasteiger charge is 2.21. The Morgan fingerprint density at radius 1 is 1.28 bits per heavy atom. The lowest BCUT2D eigenvalue weighted by Gasteiger charge is -2.19. The van der Waals surface area contributed by atoms with Crippen LogP contribution in [0, 0.1) is 6.92 Å². The fourth-order valence-corrected chi connectivity index (χ4v) is 3.63. The quantitative estimate of drug-likeness (QED) is 0.895. The number of fused-ring (bicyclic) bond motifs is 1. The molecule has 0 radical (unpaired) electrons. The first-order valence-corrected chi connectivity index (χ1v) is 7.31. The molecule has 1 N–H and O–H groups in total. The Balaban J connectivity index is 1.91. The van der Waals surface area contributed by atoms with Crippen molar-refractivity contribution >= 4 is 11.3 Å². The third-order valence-corrected chi connectivity index (χ3v) is 4.82. The molecule has 3 rings (SSSR count). The molecule has 1 aliphatic carbocycles. The van der Waals surface area contributed by atoms with E-state index in [1.54, 1.807) is 0 Å². The molecule has 0 spiro atoms. The average Bonchev–Trinajstić information content (AvgIpc) is 2.82. The molecule has 0 aliphatic heterocycles. The minimum Gasteiger partial charge on any atom is -0.317 e. The Kier molecular flexibility index (Phi) is 3.18. The highest BCUT2D eigenvalue weighted by molar-refractivity contribution is 7.15. The van der Waals surface area contributed by atoms with Gasteiger partial charge in [-0.05, 0) is 33.2 Å². The minimum absolute atomic E-state index is 0.629. The van der Waals surface area contributed by atoms with Crippen LogP contribution in [-0.4, -0.2) is 18.1 Å². The van der Waals surface area contributed by atoms with Gasteiger partial charge in [0.15, 0.2) is 0 Å². The number of rotatable bonds is 2. The van der Waals surface area contributed by atoms with Crippen LogP contribution in [0.4, 0.5) is 0 Å². The third-order valence-electron chi connectivity index (χ3n) is 3.65. The maximum atomic E-state index is 4.81. The SMILES string of the molecule is CNC1CCc2nc(-c3ccc(C)cc3)sc2C1. The summed E-state index contributed by atoms with van der Waals surface area (Å²) in [5, 5.41) is 4.56. The average molecular weight is 258 g/mol. The van der Waals surface area contributed by atoms with Crippen molar-refractivity contribution in [3.05, 3.63) is 40.4 Å². The molecule has 1 aliphatic rings. The lowest BCUT2D eigenvalue weighted by atomic mass is 9.98. The lowest BCUT2D eigenvalue weighted by Crippen LogP contribution is -2.30. The summed E-state index contributed by atoms with van der Waals surface area (Å²) in [6.07, 6.45) is 3.46. The van der Waals surface area contributed by atoms with Crippen LogP contribution in [0.25, 0.3) is 10.6 Å². The number of hydrogen-bond acceptors (Lipinski definition) is 3. The largest absolute Gasteiger partial charge is 0.317 e. The van der Waals surface area contributed by atoms with E-state index in [1.165, 1.54) is 33.1 Å². The number of thiazole rings is 1. The zero-order chi connectivity index (χ0) is 12.5. The van der Waals surface area contributed by atoms with Gasteiger partial charge in [-0.15, -0.1) is 11.3 Å². The molecule has 94 valence electrons. The van der Waals surface area contributed by atoms with Gasteiger partial charge < -0.3 is 5.32 Å². The molecule has 0 saturated carbocycles. The molecule has 0 bridgehead atoms. The molecule has 0 saturated heterocycles. The van der Waals surface area contributed by atoms with Crippen molar-refractivity contribution in [3.8, 4) is 10.6 Å². The van der Waals surface area contributed by atoms with E-state index in [0.29, 0.717) is 6.04 Å². The van der Waals surface area contributed by atoms with Crippen LogP contribution in [0.2, 0.25) is 0 Å². The first-order valence-electron chi connectivity index (χ1n) is 6.49. The maximum absolute atomic E-state index is 4.81. The van der Waals surface area contributed by atoms with Crippen molar-refractivity contribution in [2.75, 3.05) is 7.05 Å². The first kappa shape index (κ1) is 11.9. The van der Waals surface area contributed by atoms with Gasteiger partial charge in [0.1, 0.15) is 5.01 Å². The predicted octanol–water partition coefficient (Wildman–Crippen LogP) is 3.20. The van der Waals surface area contributed by atoms with E-state index in [-0.39, 0.29) is 0 Å². The van der Waals surface area contributed by atoms with E-state index < -0.39 is 0 Å². The Labute approximate surface area is 112 Å². The normalized spacial score (nSPS) is 18.7. The molecule has 1 heterocycles. The molecule has 3 heteroatoms. The first-order chi connectivity index (χ1) is 8.76. The molecule has 1 aromatic heterocycles. The highest BCUT2D eigenvalue weighted by Crippen LogP contribution is 2.32. The van der Waals surface area contributed by atoms with E-state index in [9.17, 15) is 0 Å². The predicted molar refractivity (Wildman–Crippen MR) is 77.2 cm³/mol. The summed E-state index contributed by atoms with van der Waals surface area (Å²) in [5.74, 6) is 0. The van der Waals surface area contributed by atoms with Crippen LogP contribution in [0.3, 0.4) is 0 Å². The molecule has 1 aromatic carbocycles. The third kappa shape index (κ3) is 2.20. The summed E-state index contributed by atoms with van der Waals surface area (Å²) in [5.41, 5.74) is 3.87. The van der Waals surface area contributed by atoms with Gasteiger partial charge in [-0.3, -0.25) is 0 Å². The monoisotopic (exact) mass is 258 g/mol. The topological polar surface area (TPSA) is 24.9 Å². The molecule has 1 unspecified atom stereocenters. The summed E-state index contributed by atoms with van der Waals surface area (Å²) >= 11 is 1.86. The van der Waals surface area contributed by atoms with Crippen molar-refractivity contribution < 1.29 is 0 Å². The second-order valence-corrected chi connectivity index (χ2v) is 6.07. The zero-order valence-electron chi connectivity index (χ0n) is 10.9. The summed E-state index contributed by atoms with van der Waals surface area (Å²) in [6, 6.07) is 9.30. The van der Waals surface area contributed by atoms with Crippen molar-refractivity contribution in [2.24, 2.45) is 0 Å². The fraction of sp³-hybridized carbons (Fsp3) is 0.400. The van der Waals surface area contributed by atoms with Gasteiger partial charge in [-0.1, -0.05) is 29.8 Å². The molecular formula is C15H18N2S. The van der Waals surface area contributed by atoms with E-state index in [1.807, 2.05) is 11.3 Å². The van der Waals surface area contributed by atoms with Gasteiger partial charge in [0, 0.05) is 16.5 Å². The Morgan fingerprint density at radius 3 is 2.78 bits per heavy atom. The van der Waals surface area contributed by atoms with Gasteiger partial charge in [0.05, 0.1) is 5.69 Å².